The van der Waals surface area contributed by atoms with E-state index in [0.717, 1.165) is 4.31 Å². The van der Waals surface area contributed by atoms with Gasteiger partial charge in [0.25, 0.3) is 0 Å². The molecule has 2 rings (SSSR count). The first-order chi connectivity index (χ1) is 12.4. The summed E-state index contributed by atoms with van der Waals surface area (Å²) in [5, 5.41) is 0. The first-order valence-electron chi connectivity index (χ1n) is 7.54. The zero-order chi connectivity index (χ0) is 20.5. The molecule has 0 saturated carbocycles. The van der Waals surface area contributed by atoms with E-state index in [1.807, 2.05) is 0 Å². The first kappa shape index (κ1) is 21.2. The van der Waals surface area contributed by atoms with E-state index < -0.39 is 38.4 Å². The van der Waals surface area contributed by atoms with Crippen LogP contribution in [0.1, 0.15) is 23.6 Å². The number of nitrogens with zero attached hydrogens (tertiary/aromatic N) is 2. The molecular weight excluding hydrogens is 398 g/mol. The molecule has 0 atom stereocenters. The highest BCUT2D eigenvalue weighted by Crippen LogP contribution is 2.37. The van der Waals surface area contributed by atoms with Crippen LogP contribution in [0.15, 0.2) is 47.6 Å². The zero-order valence-corrected chi connectivity index (χ0v) is 14.7. The Morgan fingerprint density at radius 1 is 0.926 bits per heavy atom. The molecule has 0 aliphatic heterocycles. The molecular formula is C16H14F6N2O2S. The van der Waals surface area contributed by atoms with Crippen molar-refractivity contribution in [3.05, 3.63) is 59.4 Å². The van der Waals surface area contributed by atoms with Crippen molar-refractivity contribution < 1.29 is 34.8 Å². The van der Waals surface area contributed by atoms with Crippen LogP contribution in [0.4, 0.5) is 26.3 Å². The molecule has 0 unspecified atom stereocenters. The maximum absolute atomic E-state index is 13.0. The highest BCUT2D eigenvalue weighted by Gasteiger charge is 2.39. The van der Waals surface area contributed by atoms with Gasteiger partial charge in [0.1, 0.15) is 0 Å². The Morgan fingerprint density at radius 2 is 1.41 bits per heavy atom. The highest BCUT2D eigenvalue weighted by molar-refractivity contribution is 7.89. The number of pyridine rings is 1. The van der Waals surface area contributed by atoms with Crippen LogP contribution < -0.4 is 0 Å². The van der Waals surface area contributed by atoms with E-state index in [-0.39, 0.29) is 31.3 Å². The molecule has 0 amide bonds. The SMILES string of the molecule is CCN(Cc1ccncc1)S(=O)(=O)c1cc(C(F)(F)F)cc(C(F)(F)F)c1. The van der Waals surface area contributed by atoms with Crippen molar-refractivity contribution in [2.45, 2.75) is 30.7 Å². The van der Waals surface area contributed by atoms with Gasteiger partial charge in [0.05, 0.1) is 16.0 Å². The lowest BCUT2D eigenvalue weighted by Gasteiger charge is -2.22. The summed E-state index contributed by atoms with van der Waals surface area (Å²) in [6.07, 6.45) is -7.48. The number of halogens is 6. The van der Waals surface area contributed by atoms with Gasteiger partial charge in [-0.3, -0.25) is 4.98 Å². The average molecular weight is 412 g/mol. The van der Waals surface area contributed by atoms with Crippen LogP contribution in [0.25, 0.3) is 0 Å². The Labute approximate surface area is 151 Å². The maximum Gasteiger partial charge on any atom is 0.416 e. The van der Waals surface area contributed by atoms with Crippen LogP contribution in [0.5, 0.6) is 0 Å². The summed E-state index contributed by atoms with van der Waals surface area (Å²) in [4.78, 5) is 2.69. The summed E-state index contributed by atoms with van der Waals surface area (Å²) in [5.74, 6) is 0. The second kappa shape index (κ2) is 7.47. The molecule has 0 saturated heterocycles. The minimum atomic E-state index is -5.13. The average Bonchev–Trinajstić information content (AvgIpc) is 2.58. The van der Waals surface area contributed by atoms with E-state index in [1.54, 1.807) is 0 Å². The topological polar surface area (TPSA) is 50.3 Å². The van der Waals surface area contributed by atoms with Gasteiger partial charge in [-0.15, -0.1) is 0 Å². The van der Waals surface area contributed by atoms with Gasteiger partial charge in [-0.1, -0.05) is 6.92 Å². The van der Waals surface area contributed by atoms with Gasteiger partial charge in [0.2, 0.25) is 10.0 Å². The molecule has 148 valence electrons. The Bertz CT molecular complexity index is 863. The van der Waals surface area contributed by atoms with Crippen molar-refractivity contribution in [3.63, 3.8) is 0 Å². The monoisotopic (exact) mass is 412 g/mol. The van der Waals surface area contributed by atoms with Gasteiger partial charge in [-0.2, -0.15) is 30.6 Å². The Morgan fingerprint density at radius 3 is 1.81 bits per heavy atom. The normalized spacial score (nSPS) is 13.2. The van der Waals surface area contributed by atoms with Crippen molar-refractivity contribution in [1.82, 2.24) is 9.29 Å². The predicted molar refractivity (Wildman–Crippen MR) is 84.0 cm³/mol. The van der Waals surface area contributed by atoms with E-state index in [4.69, 9.17) is 0 Å². The quantitative estimate of drug-likeness (QED) is 0.687. The molecule has 0 fully saturated rings. The van der Waals surface area contributed by atoms with Crippen LogP contribution in [0.3, 0.4) is 0 Å². The number of sulfonamides is 1. The van der Waals surface area contributed by atoms with Gasteiger partial charge < -0.3 is 0 Å². The van der Waals surface area contributed by atoms with Crippen LogP contribution >= 0.6 is 0 Å². The number of aromatic nitrogens is 1. The van der Waals surface area contributed by atoms with Crippen molar-refractivity contribution in [2.24, 2.45) is 0 Å². The summed E-state index contributed by atoms with van der Waals surface area (Å²) >= 11 is 0. The third-order valence-corrected chi connectivity index (χ3v) is 5.56. The lowest BCUT2D eigenvalue weighted by Crippen LogP contribution is -2.31. The molecule has 11 heteroatoms. The predicted octanol–water partition coefficient (Wildman–Crippen LogP) is 4.33. The van der Waals surface area contributed by atoms with Crippen molar-refractivity contribution in [2.75, 3.05) is 6.54 Å². The van der Waals surface area contributed by atoms with E-state index in [2.05, 4.69) is 4.98 Å². The number of hydrogen-bond acceptors (Lipinski definition) is 3. The number of hydrogen-bond donors (Lipinski definition) is 0. The largest absolute Gasteiger partial charge is 0.416 e. The second-order valence-electron chi connectivity index (χ2n) is 5.53. The van der Waals surface area contributed by atoms with Crippen molar-refractivity contribution in [3.8, 4) is 0 Å². The number of alkyl halides is 6. The molecule has 1 heterocycles. The van der Waals surface area contributed by atoms with Gasteiger partial charge in [-0.25, -0.2) is 8.42 Å². The molecule has 1 aromatic carbocycles. The fourth-order valence-electron chi connectivity index (χ4n) is 2.28. The molecule has 1 aromatic heterocycles. The molecule has 0 aliphatic carbocycles. The molecule has 4 nitrogen and oxygen atoms in total. The Balaban J connectivity index is 2.56. The minimum Gasteiger partial charge on any atom is -0.265 e. The first-order valence-corrected chi connectivity index (χ1v) is 8.98. The van der Waals surface area contributed by atoms with Gasteiger partial charge >= 0.3 is 12.4 Å². The van der Waals surface area contributed by atoms with Gasteiger partial charge in [0, 0.05) is 25.5 Å². The molecule has 0 aliphatic rings. The van der Waals surface area contributed by atoms with Gasteiger partial charge in [0.15, 0.2) is 0 Å². The van der Waals surface area contributed by atoms with Crippen LogP contribution in [-0.2, 0) is 28.9 Å². The fourth-order valence-corrected chi connectivity index (χ4v) is 3.79. The molecule has 0 bridgehead atoms. The smallest absolute Gasteiger partial charge is 0.265 e. The van der Waals surface area contributed by atoms with E-state index in [0.29, 0.717) is 5.56 Å². The van der Waals surface area contributed by atoms with Crippen LogP contribution in [0, 0.1) is 0 Å². The zero-order valence-electron chi connectivity index (χ0n) is 13.8. The van der Waals surface area contributed by atoms with E-state index >= 15 is 0 Å². The second-order valence-corrected chi connectivity index (χ2v) is 7.47. The summed E-state index contributed by atoms with van der Waals surface area (Å²) < 4.78 is 104. The lowest BCUT2D eigenvalue weighted by molar-refractivity contribution is -0.143. The minimum absolute atomic E-state index is 0.113. The van der Waals surface area contributed by atoms with Crippen LogP contribution in [-0.4, -0.2) is 24.3 Å². The molecule has 27 heavy (non-hydrogen) atoms. The third-order valence-electron chi connectivity index (χ3n) is 3.66. The Kier molecular flexibility index (Phi) is 5.85. The van der Waals surface area contributed by atoms with Crippen molar-refractivity contribution >= 4 is 10.0 Å². The van der Waals surface area contributed by atoms with E-state index in [9.17, 15) is 34.8 Å². The van der Waals surface area contributed by atoms with Gasteiger partial charge in [-0.05, 0) is 35.9 Å². The Hall–Kier alpha value is -2.14. The maximum atomic E-state index is 13.0. The number of benzene rings is 1. The van der Waals surface area contributed by atoms with E-state index in [1.165, 1.54) is 31.5 Å². The summed E-state index contributed by atoms with van der Waals surface area (Å²) in [6, 6.07) is 3.29. The fraction of sp³-hybridized carbons (Fsp3) is 0.312. The molecule has 0 N–H and O–H groups in total. The lowest BCUT2D eigenvalue weighted by atomic mass is 10.1. The summed E-state index contributed by atoms with van der Waals surface area (Å²) in [6.45, 7) is 1.05. The molecule has 0 spiro atoms. The van der Waals surface area contributed by atoms with Crippen molar-refractivity contribution in [1.29, 1.82) is 0 Å². The molecule has 2 aromatic rings. The summed E-state index contributed by atoms with van der Waals surface area (Å²) in [7, 11) is -4.60. The molecule has 0 radical (unpaired) electrons. The third kappa shape index (κ3) is 4.98. The summed E-state index contributed by atoms with van der Waals surface area (Å²) in [5.41, 5.74) is -2.88. The number of rotatable bonds is 5. The van der Waals surface area contributed by atoms with Crippen LogP contribution in [0.2, 0.25) is 0 Å². The highest BCUT2D eigenvalue weighted by atomic mass is 32.2. The standard InChI is InChI=1S/C16H14F6N2O2S/c1-2-24(10-11-3-5-23-6-4-11)27(25,26)14-8-12(15(17,18)19)7-13(9-14)16(20,21)22/h3-9H,2,10H2,1H3.